The number of hydrogen-bond acceptors (Lipinski definition) is 8. The number of hydrogen-bond donors (Lipinski definition) is 1. The number of imide groups is 2. The van der Waals surface area contributed by atoms with Crippen LogP contribution in [0.15, 0.2) is 64.8 Å². The number of nitro groups is 1. The second-order valence-electron chi connectivity index (χ2n) is 6.51. The van der Waals surface area contributed by atoms with Gasteiger partial charge in [0.05, 0.1) is 29.4 Å². The number of carbonyl (C=O) groups excluding carboxylic acids is 3. The number of pyridine rings is 1. The summed E-state index contributed by atoms with van der Waals surface area (Å²) in [6.07, 6.45) is 4.03. The van der Waals surface area contributed by atoms with Crippen LogP contribution in [-0.4, -0.2) is 34.9 Å². The molecule has 1 N–H and O–H groups in total. The lowest BCUT2D eigenvalue weighted by Crippen LogP contribution is -2.54. The second kappa shape index (κ2) is 8.14. The van der Waals surface area contributed by atoms with Gasteiger partial charge in [0.2, 0.25) is 0 Å². The molecule has 1 aliphatic heterocycles. The van der Waals surface area contributed by atoms with E-state index in [9.17, 15) is 24.5 Å². The summed E-state index contributed by atoms with van der Waals surface area (Å²) in [5.74, 6) is -1.02. The van der Waals surface area contributed by atoms with Crippen molar-refractivity contribution in [1.82, 2.24) is 10.3 Å². The molecule has 1 aliphatic rings. The van der Waals surface area contributed by atoms with Crippen LogP contribution < -0.4 is 15.0 Å². The number of nitro benzene ring substituents is 1. The van der Waals surface area contributed by atoms with E-state index in [2.05, 4.69) is 10.3 Å². The van der Waals surface area contributed by atoms with Crippen LogP contribution in [0.5, 0.6) is 5.75 Å². The first-order valence-corrected chi connectivity index (χ1v) is 9.13. The van der Waals surface area contributed by atoms with E-state index in [1.165, 1.54) is 62.0 Å². The molecule has 0 spiro atoms. The fraction of sp³-hybridized carbons (Fsp3) is 0.0476. The lowest BCUT2D eigenvalue weighted by molar-refractivity contribution is -0.384. The van der Waals surface area contributed by atoms with Gasteiger partial charge in [0.25, 0.3) is 17.5 Å². The number of barbiturate groups is 1. The maximum atomic E-state index is 12.9. The molecule has 1 saturated heterocycles. The third-order valence-corrected chi connectivity index (χ3v) is 4.60. The predicted molar refractivity (Wildman–Crippen MR) is 111 cm³/mol. The Kier molecular flexibility index (Phi) is 5.21. The largest absolute Gasteiger partial charge is 0.496 e. The Hall–Kier alpha value is -4.80. The average molecular weight is 434 g/mol. The zero-order valence-electron chi connectivity index (χ0n) is 16.5. The summed E-state index contributed by atoms with van der Waals surface area (Å²) in [4.78, 5) is 52.4. The van der Waals surface area contributed by atoms with E-state index < -0.39 is 22.8 Å². The molecular weight excluding hydrogens is 420 g/mol. The summed E-state index contributed by atoms with van der Waals surface area (Å²) in [7, 11) is 1.37. The summed E-state index contributed by atoms with van der Waals surface area (Å²) in [5, 5.41) is 13.1. The minimum atomic E-state index is -0.876. The number of methoxy groups -OCH3 is 1. The zero-order chi connectivity index (χ0) is 22.8. The Bertz CT molecular complexity index is 1280. The third kappa shape index (κ3) is 3.69. The monoisotopic (exact) mass is 434 g/mol. The molecule has 32 heavy (non-hydrogen) atoms. The molecule has 1 fully saturated rings. The number of carbonyl (C=O) groups is 3. The van der Waals surface area contributed by atoms with E-state index in [-0.39, 0.29) is 28.5 Å². The molecule has 4 rings (SSSR count). The quantitative estimate of drug-likeness (QED) is 0.279. The van der Waals surface area contributed by atoms with Crippen LogP contribution in [0.25, 0.3) is 17.4 Å². The van der Waals surface area contributed by atoms with Crippen LogP contribution in [0.2, 0.25) is 0 Å². The first-order chi connectivity index (χ1) is 15.4. The lowest BCUT2D eigenvalue weighted by atomic mass is 10.1. The molecule has 0 aliphatic carbocycles. The van der Waals surface area contributed by atoms with E-state index >= 15 is 0 Å². The number of nitrogens with zero attached hydrogens (tertiary/aromatic N) is 3. The number of non-ortho nitro benzene ring substituents is 1. The third-order valence-electron chi connectivity index (χ3n) is 4.60. The molecule has 2 aromatic heterocycles. The predicted octanol–water partition coefficient (Wildman–Crippen LogP) is 2.92. The van der Waals surface area contributed by atoms with Gasteiger partial charge < -0.3 is 9.15 Å². The van der Waals surface area contributed by atoms with Gasteiger partial charge in [0.15, 0.2) is 0 Å². The van der Waals surface area contributed by atoms with Gasteiger partial charge in [0.1, 0.15) is 22.8 Å². The van der Waals surface area contributed by atoms with Crippen molar-refractivity contribution in [3.63, 3.8) is 0 Å². The second-order valence-corrected chi connectivity index (χ2v) is 6.51. The molecular formula is C21H14N4O7. The number of ether oxygens (including phenoxy) is 1. The summed E-state index contributed by atoms with van der Waals surface area (Å²) in [5.41, 5.74) is 0.232. The molecule has 3 heterocycles. The zero-order valence-corrected chi connectivity index (χ0v) is 16.5. The molecule has 0 radical (unpaired) electrons. The molecule has 3 aromatic rings. The number of benzene rings is 1. The van der Waals surface area contributed by atoms with E-state index in [4.69, 9.17) is 9.15 Å². The number of amides is 4. The molecule has 0 unspecified atom stereocenters. The van der Waals surface area contributed by atoms with Crippen molar-refractivity contribution in [2.45, 2.75) is 0 Å². The van der Waals surface area contributed by atoms with Crippen LogP contribution >= 0.6 is 0 Å². The maximum absolute atomic E-state index is 12.9. The molecule has 160 valence electrons. The number of aromatic nitrogens is 1. The van der Waals surface area contributed by atoms with Crippen molar-refractivity contribution in [3.05, 3.63) is 76.3 Å². The van der Waals surface area contributed by atoms with Crippen LogP contribution in [0, 0.1) is 10.1 Å². The van der Waals surface area contributed by atoms with Crippen molar-refractivity contribution in [3.8, 4) is 17.1 Å². The molecule has 4 amide bonds. The average Bonchev–Trinajstić information content (AvgIpc) is 3.25. The van der Waals surface area contributed by atoms with Crippen molar-refractivity contribution < 1.29 is 28.5 Å². The van der Waals surface area contributed by atoms with E-state index in [0.717, 1.165) is 4.90 Å². The maximum Gasteiger partial charge on any atom is 0.335 e. The van der Waals surface area contributed by atoms with Crippen molar-refractivity contribution in [1.29, 1.82) is 0 Å². The Morgan fingerprint density at radius 1 is 1.12 bits per heavy atom. The minimum Gasteiger partial charge on any atom is -0.496 e. The Labute approximate surface area is 180 Å². The highest BCUT2D eigenvalue weighted by Crippen LogP contribution is 2.34. The molecule has 11 heteroatoms. The number of nitrogens with one attached hydrogen (secondary N) is 1. The van der Waals surface area contributed by atoms with Crippen LogP contribution in [-0.2, 0) is 9.59 Å². The first kappa shape index (κ1) is 20.5. The van der Waals surface area contributed by atoms with Gasteiger partial charge in [0, 0.05) is 18.5 Å². The van der Waals surface area contributed by atoms with Gasteiger partial charge in [-0.3, -0.25) is 30.0 Å². The first-order valence-electron chi connectivity index (χ1n) is 9.13. The Balaban J connectivity index is 1.68. The van der Waals surface area contributed by atoms with Crippen LogP contribution in [0.1, 0.15) is 5.76 Å². The fourth-order valence-corrected chi connectivity index (χ4v) is 3.10. The smallest absolute Gasteiger partial charge is 0.335 e. The van der Waals surface area contributed by atoms with Gasteiger partial charge in [-0.05, 0) is 36.4 Å². The molecule has 11 nitrogen and oxygen atoms in total. The summed E-state index contributed by atoms with van der Waals surface area (Å²) < 4.78 is 10.9. The van der Waals surface area contributed by atoms with Crippen LogP contribution in [0.4, 0.5) is 16.2 Å². The fourth-order valence-electron chi connectivity index (χ4n) is 3.10. The Morgan fingerprint density at radius 3 is 2.56 bits per heavy atom. The van der Waals surface area contributed by atoms with E-state index in [1.807, 2.05) is 0 Å². The summed E-state index contributed by atoms with van der Waals surface area (Å²) in [6, 6.07) is 9.13. The van der Waals surface area contributed by atoms with Crippen molar-refractivity contribution >= 4 is 35.3 Å². The van der Waals surface area contributed by atoms with Gasteiger partial charge in [-0.1, -0.05) is 0 Å². The highest BCUT2D eigenvalue weighted by Gasteiger charge is 2.37. The number of urea groups is 1. The topological polar surface area (TPSA) is 145 Å². The van der Waals surface area contributed by atoms with Gasteiger partial charge >= 0.3 is 6.03 Å². The number of furan rings is 1. The molecule has 0 saturated carbocycles. The molecule has 0 atom stereocenters. The SMILES string of the molecule is COc1cc([N+](=O)[O-])ccc1-c1ccc(/C=C2\C(=O)NC(=O)N(c3ccncc3)C2=O)o1. The highest BCUT2D eigenvalue weighted by atomic mass is 16.6. The minimum absolute atomic E-state index is 0.148. The van der Waals surface area contributed by atoms with Gasteiger partial charge in [-0.2, -0.15) is 0 Å². The van der Waals surface area contributed by atoms with Gasteiger partial charge in [-0.25, -0.2) is 9.69 Å². The van der Waals surface area contributed by atoms with E-state index in [0.29, 0.717) is 11.3 Å². The van der Waals surface area contributed by atoms with Crippen molar-refractivity contribution in [2.24, 2.45) is 0 Å². The van der Waals surface area contributed by atoms with Crippen LogP contribution in [0.3, 0.4) is 0 Å². The highest BCUT2D eigenvalue weighted by molar-refractivity contribution is 6.39. The molecule has 0 bridgehead atoms. The molecule has 1 aromatic carbocycles. The standard InChI is InChI=1S/C21H14N4O7/c1-31-18-10-13(25(29)30)2-4-15(18)17-5-3-14(32-17)11-16-19(26)23-21(28)24(20(16)27)12-6-8-22-9-7-12/h2-11H,1H3,(H,23,26,28)/b16-11+. The number of rotatable bonds is 5. The number of anilines is 1. The van der Waals surface area contributed by atoms with Gasteiger partial charge in [-0.15, -0.1) is 0 Å². The lowest BCUT2D eigenvalue weighted by Gasteiger charge is -2.25. The summed E-state index contributed by atoms with van der Waals surface area (Å²) >= 11 is 0. The Morgan fingerprint density at radius 2 is 1.88 bits per heavy atom. The summed E-state index contributed by atoms with van der Waals surface area (Å²) in [6.45, 7) is 0. The van der Waals surface area contributed by atoms with E-state index in [1.54, 1.807) is 6.07 Å². The van der Waals surface area contributed by atoms with Crippen molar-refractivity contribution in [2.75, 3.05) is 12.0 Å². The normalized spacial score (nSPS) is 15.1.